The lowest BCUT2D eigenvalue weighted by atomic mass is 10.0. The zero-order valence-corrected chi connectivity index (χ0v) is 15.9. The van der Waals surface area contributed by atoms with Crippen molar-refractivity contribution in [3.63, 3.8) is 0 Å². The third-order valence-electron chi connectivity index (χ3n) is 5.73. The van der Waals surface area contributed by atoms with Gasteiger partial charge in [-0.3, -0.25) is 9.78 Å². The number of fused-ring (bicyclic) bond motifs is 1. The summed E-state index contributed by atoms with van der Waals surface area (Å²) in [7, 11) is 1.84. The van der Waals surface area contributed by atoms with Crippen LogP contribution in [0.2, 0.25) is 0 Å². The number of hydrogen-bond acceptors (Lipinski definition) is 6. The van der Waals surface area contributed by atoms with Gasteiger partial charge in [0.2, 0.25) is 5.95 Å². The summed E-state index contributed by atoms with van der Waals surface area (Å²) in [5.41, 5.74) is 2.94. The summed E-state index contributed by atoms with van der Waals surface area (Å²) in [6.07, 6.45) is 5.97. The molecular formula is C20H25N7O. The number of benzene rings is 1. The van der Waals surface area contributed by atoms with Gasteiger partial charge in [-0.1, -0.05) is 17.2 Å². The van der Waals surface area contributed by atoms with Crippen LogP contribution in [0.5, 0.6) is 0 Å². The Kier molecular flexibility index (Phi) is 4.18. The first-order valence-corrected chi connectivity index (χ1v) is 9.85. The van der Waals surface area contributed by atoms with Crippen molar-refractivity contribution in [1.29, 1.82) is 0 Å². The highest BCUT2D eigenvalue weighted by Crippen LogP contribution is 2.40. The van der Waals surface area contributed by atoms with E-state index < -0.39 is 0 Å². The molecule has 1 amide bonds. The van der Waals surface area contributed by atoms with Gasteiger partial charge < -0.3 is 10.2 Å². The number of aryl methyl sites for hydroxylation is 1. The normalized spacial score (nSPS) is 17.8. The van der Waals surface area contributed by atoms with E-state index >= 15 is 0 Å². The predicted octanol–water partition coefficient (Wildman–Crippen LogP) is 2.28. The zero-order chi connectivity index (χ0) is 19.1. The second kappa shape index (κ2) is 6.85. The molecule has 8 nitrogen and oxygen atoms in total. The van der Waals surface area contributed by atoms with Gasteiger partial charge in [-0.25, -0.2) is 4.68 Å². The van der Waals surface area contributed by atoms with Crippen LogP contribution in [0.3, 0.4) is 0 Å². The van der Waals surface area contributed by atoms with Gasteiger partial charge in [0.25, 0.3) is 5.91 Å². The maximum absolute atomic E-state index is 12.7. The topological polar surface area (TPSA) is 88.8 Å². The van der Waals surface area contributed by atoms with Crippen LogP contribution < -0.4 is 10.2 Å². The van der Waals surface area contributed by atoms with E-state index in [0.717, 1.165) is 42.8 Å². The number of carbonyl (C=O) groups excluding carboxylic acids is 1. The molecule has 1 aliphatic heterocycles. The maximum Gasteiger partial charge on any atom is 0.253 e. The molecule has 3 heterocycles. The second-order valence-corrected chi connectivity index (χ2v) is 7.79. The minimum Gasteiger partial charge on any atom is -0.349 e. The Hall–Kier alpha value is -3.03. The third-order valence-corrected chi connectivity index (χ3v) is 5.73. The van der Waals surface area contributed by atoms with Crippen molar-refractivity contribution >= 4 is 22.8 Å². The Bertz CT molecular complexity index is 1020. The number of nitrogens with zero attached hydrogens (tertiary/aromatic N) is 6. The van der Waals surface area contributed by atoms with E-state index in [1.165, 1.54) is 18.4 Å². The SMILES string of the molecule is Cn1nnnc1N1CCC(NC(=O)c2cnc3cc(C4CC4)ccc3c2)CC1.[HH]. The summed E-state index contributed by atoms with van der Waals surface area (Å²) in [6.45, 7) is 1.64. The standard InChI is InChI=1S/C20H23N7O.H2/c1-26-20(23-24-25-26)27-8-6-17(7-9-27)22-19(28)16-10-15-5-4-14(13-2-3-13)11-18(15)21-12-16;/h4-5,10-13,17H,2-3,6-9H2,1H3,(H,22,28);1H. The molecule has 0 bridgehead atoms. The molecule has 0 unspecified atom stereocenters. The molecule has 1 saturated heterocycles. The Morgan fingerprint density at radius 3 is 2.71 bits per heavy atom. The van der Waals surface area contributed by atoms with Crippen LogP contribution in [0, 0.1) is 0 Å². The highest BCUT2D eigenvalue weighted by atomic mass is 16.1. The van der Waals surface area contributed by atoms with Gasteiger partial charge >= 0.3 is 0 Å². The number of pyridine rings is 1. The van der Waals surface area contributed by atoms with Crippen LogP contribution in [0.4, 0.5) is 5.95 Å². The van der Waals surface area contributed by atoms with Gasteiger partial charge in [0.05, 0.1) is 11.1 Å². The van der Waals surface area contributed by atoms with E-state index in [-0.39, 0.29) is 13.4 Å². The Morgan fingerprint density at radius 2 is 2.00 bits per heavy atom. The first-order chi connectivity index (χ1) is 13.7. The van der Waals surface area contributed by atoms with Crippen molar-refractivity contribution in [2.24, 2.45) is 7.05 Å². The average molecular weight is 379 g/mol. The summed E-state index contributed by atoms with van der Waals surface area (Å²) in [6, 6.07) is 8.50. The van der Waals surface area contributed by atoms with Crippen molar-refractivity contribution in [2.75, 3.05) is 18.0 Å². The van der Waals surface area contributed by atoms with E-state index in [2.05, 4.69) is 48.9 Å². The van der Waals surface area contributed by atoms with Crippen LogP contribution in [0.15, 0.2) is 30.5 Å². The summed E-state index contributed by atoms with van der Waals surface area (Å²) < 4.78 is 1.67. The first kappa shape index (κ1) is 17.1. The highest BCUT2D eigenvalue weighted by molar-refractivity contribution is 5.97. The molecule has 5 rings (SSSR count). The fraction of sp³-hybridized carbons (Fsp3) is 0.450. The molecule has 2 aliphatic rings. The number of piperidine rings is 1. The molecule has 0 atom stereocenters. The van der Waals surface area contributed by atoms with E-state index in [4.69, 9.17) is 0 Å². The molecule has 8 heteroatoms. The molecule has 0 spiro atoms. The number of rotatable bonds is 4. The van der Waals surface area contributed by atoms with Crippen molar-refractivity contribution < 1.29 is 6.22 Å². The lowest BCUT2D eigenvalue weighted by Crippen LogP contribution is -2.45. The van der Waals surface area contributed by atoms with Gasteiger partial charge in [-0.15, -0.1) is 0 Å². The Balaban J connectivity index is 0.00000205. The monoisotopic (exact) mass is 379 g/mol. The number of hydrogen-bond donors (Lipinski definition) is 1. The largest absolute Gasteiger partial charge is 0.349 e. The van der Waals surface area contributed by atoms with E-state index in [1.54, 1.807) is 10.9 Å². The molecule has 0 radical (unpaired) electrons. The second-order valence-electron chi connectivity index (χ2n) is 7.79. The summed E-state index contributed by atoms with van der Waals surface area (Å²) in [5, 5.41) is 15.8. The van der Waals surface area contributed by atoms with Crippen molar-refractivity contribution in [3.05, 3.63) is 41.6 Å². The number of tetrazole rings is 1. The van der Waals surface area contributed by atoms with E-state index in [0.29, 0.717) is 11.5 Å². The highest BCUT2D eigenvalue weighted by Gasteiger charge is 2.25. The maximum atomic E-state index is 12.7. The molecule has 1 aromatic carbocycles. The molecule has 3 aromatic rings. The van der Waals surface area contributed by atoms with E-state index in [9.17, 15) is 4.79 Å². The molecule has 2 fully saturated rings. The Morgan fingerprint density at radius 1 is 1.18 bits per heavy atom. The van der Waals surface area contributed by atoms with Crippen LogP contribution in [-0.4, -0.2) is 50.2 Å². The molecular weight excluding hydrogens is 354 g/mol. The lowest BCUT2D eigenvalue weighted by Gasteiger charge is -2.32. The molecule has 1 N–H and O–H groups in total. The van der Waals surface area contributed by atoms with Crippen LogP contribution >= 0.6 is 0 Å². The van der Waals surface area contributed by atoms with Crippen LogP contribution in [0.25, 0.3) is 10.9 Å². The van der Waals surface area contributed by atoms with Gasteiger partial charge in [-0.2, -0.15) is 0 Å². The molecule has 146 valence electrons. The number of aromatic nitrogens is 5. The Labute approximate surface area is 164 Å². The van der Waals surface area contributed by atoms with Gasteiger partial charge in [-0.05, 0) is 59.7 Å². The molecule has 28 heavy (non-hydrogen) atoms. The first-order valence-electron chi connectivity index (χ1n) is 9.85. The van der Waals surface area contributed by atoms with Crippen LogP contribution in [-0.2, 0) is 7.05 Å². The van der Waals surface area contributed by atoms with Gasteiger partial charge in [0.1, 0.15) is 0 Å². The minimum absolute atomic E-state index is 0. The van der Waals surface area contributed by atoms with Gasteiger partial charge in [0.15, 0.2) is 0 Å². The quantitative estimate of drug-likeness (QED) is 0.748. The number of amides is 1. The minimum atomic E-state index is -0.0561. The fourth-order valence-corrected chi connectivity index (χ4v) is 3.92. The number of carbonyl (C=O) groups is 1. The predicted molar refractivity (Wildman–Crippen MR) is 107 cm³/mol. The van der Waals surface area contributed by atoms with E-state index in [1.807, 2.05) is 13.1 Å². The van der Waals surface area contributed by atoms with Crippen LogP contribution in [0.1, 0.15) is 48.9 Å². The molecule has 2 aromatic heterocycles. The number of anilines is 1. The smallest absolute Gasteiger partial charge is 0.253 e. The molecule has 1 saturated carbocycles. The summed E-state index contributed by atoms with van der Waals surface area (Å²) in [5.74, 6) is 1.42. The van der Waals surface area contributed by atoms with Crippen molar-refractivity contribution in [3.8, 4) is 0 Å². The van der Waals surface area contributed by atoms with Crippen molar-refractivity contribution in [2.45, 2.75) is 37.6 Å². The number of nitrogens with one attached hydrogen (secondary N) is 1. The fourth-order valence-electron chi connectivity index (χ4n) is 3.92. The van der Waals surface area contributed by atoms with Gasteiger partial charge in [0, 0.05) is 39.2 Å². The zero-order valence-electron chi connectivity index (χ0n) is 15.9. The summed E-state index contributed by atoms with van der Waals surface area (Å²) >= 11 is 0. The lowest BCUT2D eigenvalue weighted by molar-refractivity contribution is 0.0931. The third kappa shape index (κ3) is 3.30. The molecule has 1 aliphatic carbocycles. The summed E-state index contributed by atoms with van der Waals surface area (Å²) in [4.78, 5) is 19.4. The van der Waals surface area contributed by atoms with Crippen molar-refractivity contribution in [1.82, 2.24) is 30.5 Å². The average Bonchev–Trinajstić information content (AvgIpc) is 3.49.